The van der Waals surface area contributed by atoms with Crippen molar-refractivity contribution in [3.05, 3.63) is 234 Å². The zero-order chi connectivity index (χ0) is 48.3. The van der Waals surface area contributed by atoms with E-state index in [0.29, 0.717) is 0 Å². The van der Waals surface area contributed by atoms with Gasteiger partial charge in [0.05, 0.1) is 28.1 Å². The van der Waals surface area contributed by atoms with Gasteiger partial charge in [-0.25, -0.2) is 4.98 Å². The Morgan fingerprint density at radius 3 is 1.78 bits per heavy atom. The first-order valence-corrected chi connectivity index (χ1v) is 24.2. The van der Waals surface area contributed by atoms with Gasteiger partial charge in [0.2, 0.25) is 0 Å². The highest BCUT2D eigenvalue weighted by Gasteiger charge is 2.30. The molecule has 10 aromatic rings. The zero-order valence-electron chi connectivity index (χ0n) is 41.7. The van der Waals surface area contributed by atoms with Crippen LogP contribution in [0.3, 0.4) is 0 Å². The zero-order valence-corrected chi connectivity index (χ0v) is 41.7. The third kappa shape index (κ3) is 8.67. The summed E-state index contributed by atoms with van der Waals surface area (Å²) >= 11 is 0. The van der Waals surface area contributed by atoms with E-state index in [-0.39, 0.29) is 16.2 Å². The van der Waals surface area contributed by atoms with Crippen LogP contribution in [0.4, 0.5) is 0 Å². The lowest BCUT2D eigenvalue weighted by atomic mass is 9.77. The highest BCUT2D eigenvalue weighted by atomic mass is 16.5. The first-order chi connectivity index (χ1) is 32.9. The average molecular weight is 903 g/mol. The van der Waals surface area contributed by atoms with Gasteiger partial charge in [-0.2, -0.15) is 0 Å². The maximum atomic E-state index is 6.89. The molecule has 344 valence electrons. The highest BCUT2D eigenvalue weighted by molar-refractivity contribution is 6.09. The SMILES string of the molecule is CC(C)(C)c1ccnc(-n2c3ccc(C(C)(C)C)cc3c3ccc(Oc4cccc(-n5[c-][n+](-c6cc(-c7ccccc7)cc(C(C)(C)c7ccccc7)c6)cc5C(C)(C)c5ccccc5)c4)cc32)c1. The third-order valence-corrected chi connectivity index (χ3v) is 14.1. The van der Waals surface area contributed by atoms with Gasteiger partial charge >= 0.3 is 0 Å². The summed E-state index contributed by atoms with van der Waals surface area (Å²) in [5, 5.41) is 2.36. The standard InChI is InChI=1S/C64H62N4O/c1-61(2,3)48-29-32-57-56(38-48)55-31-30-54(41-58(55)68(57)60-39-49(33-34-65-60)62(4,5)6)69-53-28-20-27-51(40-53)67-43-66(42-59(67)64(9,10)47-25-18-13-19-26-47)52-36-45(44-21-14-11-15-22-44)35-50(37-52)63(7,8)46-23-16-12-17-24-46/h11-42H,1-10H3. The van der Waals surface area contributed by atoms with Gasteiger partial charge in [0, 0.05) is 40.1 Å². The Bertz CT molecular complexity index is 3470. The molecule has 0 amide bonds. The van der Waals surface area contributed by atoms with Gasteiger partial charge in [-0.1, -0.05) is 178 Å². The summed E-state index contributed by atoms with van der Waals surface area (Å²) in [6.07, 6.45) is 8.03. The Morgan fingerprint density at radius 2 is 1.10 bits per heavy atom. The molecule has 0 fully saturated rings. The van der Waals surface area contributed by atoms with Crippen molar-refractivity contribution in [3.8, 4) is 39.8 Å². The largest absolute Gasteiger partial charge is 0.458 e. The maximum Gasteiger partial charge on any atom is 0.269 e. The molecule has 3 heterocycles. The van der Waals surface area contributed by atoms with E-state index in [2.05, 4.69) is 271 Å². The van der Waals surface area contributed by atoms with Crippen LogP contribution in [0, 0.1) is 6.33 Å². The normalized spacial score (nSPS) is 12.5. The summed E-state index contributed by atoms with van der Waals surface area (Å²) in [4.78, 5) is 4.96. The molecule has 10 rings (SSSR count). The molecular formula is C64H62N4O. The van der Waals surface area contributed by atoms with E-state index in [9.17, 15) is 0 Å². The van der Waals surface area contributed by atoms with E-state index in [1.54, 1.807) is 0 Å². The minimum Gasteiger partial charge on any atom is -0.458 e. The number of pyridine rings is 1. The van der Waals surface area contributed by atoms with Crippen LogP contribution in [-0.4, -0.2) is 14.1 Å². The first-order valence-electron chi connectivity index (χ1n) is 24.2. The van der Waals surface area contributed by atoms with Crippen molar-refractivity contribution in [2.24, 2.45) is 0 Å². The van der Waals surface area contributed by atoms with Gasteiger partial charge in [0.1, 0.15) is 17.3 Å². The van der Waals surface area contributed by atoms with Crippen molar-refractivity contribution in [1.82, 2.24) is 14.1 Å². The van der Waals surface area contributed by atoms with Gasteiger partial charge < -0.3 is 4.74 Å². The fourth-order valence-electron chi connectivity index (χ4n) is 9.68. The number of hydrogen-bond donors (Lipinski definition) is 0. The van der Waals surface area contributed by atoms with Crippen LogP contribution in [0.5, 0.6) is 11.5 Å². The van der Waals surface area contributed by atoms with E-state index in [1.807, 2.05) is 12.3 Å². The van der Waals surface area contributed by atoms with Crippen molar-refractivity contribution in [1.29, 1.82) is 0 Å². The van der Waals surface area contributed by atoms with Crippen molar-refractivity contribution in [2.45, 2.75) is 90.9 Å². The van der Waals surface area contributed by atoms with Gasteiger partial charge in [0.25, 0.3) is 6.33 Å². The smallest absolute Gasteiger partial charge is 0.269 e. The van der Waals surface area contributed by atoms with Crippen molar-refractivity contribution in [2.75, 3.05) is 0 Å². The number of fused-ring (bicyclic) bond motifs is 3. The van der Waals surface area contributed by atoms with Gasteiger partial charge in [0.15, 0.2) is 0 Å². The molecule has 5 nitrogen and oxygen atoms in total. The minimum atomic E-state index is -0.396. The highest BCUT2D eigenvalue weighted by Crippen LogP contribution is 2.40. The van der Waals surface area contributed by atoms with E-state index >= 15 is 0 Å². The molecule has 69 heavy (non-hydrogen) atoms. The maximum absolute atomic E-state index is 6.89. The second kappa shape index (κ2) is 17.2. The number of rotatable bonds is 10. The molecule has 0 N–H and O–H groups in total. The molecule has 0 spiro atoms. The number of hydrogen-bond acceptors (Lipinski definition) is 2. The van der Waals surface area contributed by atoms with Gasteiger partial charge in [-0.15, -0.1) is 0 Å². The number of ether oxygens (including phenoxy) is 1. The molecule has 0 bridgehead atoms. The van der Waals surface area contributed by atoms with Gasteiger partial charge in [-0.05, 0) is 117 Å². The lowest BCUT2D eigenvalue weighted by molar-refractivity contribution is -0.599. The summed E-state index contributed by atoms with van der Waals surface area (Å²) in [5.74, 6) is 2.36. The van der Waals surface area contributed by atoms with Gasteiger partial charge in [-0.3, -0.25) is 13.7 Å². The Labute approximate surface area is 408 Å². The number of imidazole rings is 1. The molecule has 0 radical (unpaired) electrons. The Kier molecular flexibility index (Phi) is 11.3. The molecule has 3 aromatic heterocycles. The summed E-state index contributed by atoms with van der Waals surface area (Å²) in [7, 11) is 0. The quantitative estimate of drug-likeness (QED) is 0.101. The van der Waals surface area contributed by atoms with Crippen LogP contribution in [0.25, 0.3) is 50.1 Å². The van der Waals surface area contributed by atoms with Crippen molar-refractivity contribution >= 4 is 21.8 Å². The summed E-state index contributed by atoms with van der Waals surface area (Å²) in [5.41, 5.74) is 13.1. The molecule has 0 saturated carbocycles. The molecule has 7 aromatic carbocycles. The topological polar surface area (TPSA) is 35.9 Å². The van der Waals surface area contributed by atoms with Crippen LogP contribution in [0.15, 0.2) is 194 Å². The predicted octanol–water partition coefficient (Wildman–Crippen LogP) is 15.8. The molecule has 0 unspecified atom stereocenters. The second-order valence-corrected chi connectivity index (χ2v) is 21.7. The Hall–Kier alpha value is -7.50. The van der Waals surface area contributed by atoms with Crippen molar-refractivity contribution < 1.29 is 9.30 Å². The van der Waals surface area contributed by atoms with E-state index < -0.39 is 5.41 Å². The predicted molar refractivity (Wildman–Crippen MR) is 285 cm³/mol. The summed E-state index contributed by atoms with van der Waals surface area (Å²) < 4.78 is 13.6. The van der Waals surface area contributed by atoms with E-state index in [1.165, 1.54) is 38.8 Å². The molecule has 0 saturated heterocycles. The van der Waals surface area contributed by atoms with Crippen LogP contribution < -0.4 is 9.30 Å². The van der Waals surface area contributed by atoms with Crippen molar-refractivity contribution in [3.63, 3.8) is 0 Å². The first kappa shape index (κ1) is 45.3. The average Bonchev–Trinajstić information content (AvgIpc) is 3.95. The van der Waals surface area contributed by atoms with Crippen LogP contribution in [-0.2, 0) is 21.7 Å². The number of benzene rings is 7. The molecule has 0 aliphatic heterocycles. The molecule has 0 aliphatic rings. The lowest BCUT2D eigenvalue weighted by Gasteiger charge is -2.28. The van der Waals surface area contributed by atoms with Crippen LogP contribution >= 0.6 is 0 Å². The lowest BCUT2D eigenvalue weighted by Crippen LogP contribution is -2.30. The Balaban J connectivity index is 1.10. The van der Waals surface area contributed by atoms with E-state index in [0.717, 1.165) is 56.4 Å². The summed E-state index contributed by atoms with van der Waals surface area (Å²) in [6, 6.07) is 65.2. The third-order valence-electron chi connectivity index (χ3n) is 14.1. The molecule has 0 aliphatic carbocycles. The minimum absolute atomic E-state index is 0.00208. The van der Waals surface area contributed by atoms with Crippen LogP contribution in [0.1, 0.15) is 103 Å². The summed E-state index contributed by atoms with van der Waals surface area (Å²) in [6.45, 7) is 22.8. The fourth-order valence-corrected chi connectivity index (χ4v) is 9.68. The second-order valence-electron chi connectivity index (χ2n) is 21.7. The van der Waals surface area contributed by atoms with Crippen LogP contribution in [0.2, 0.25) is 0 Å². The molecule has 0 atom stereocenters. The number of aromatic nitrogens is 4. The Morgan fingerprint density at radius 1 is 0.464 bits per heavy atom. The fraction of sp³-hybridized carbons (Fsp3) is 0.219. The molecule has 5 heteroatoms. The molecular weight excluding hydrogens is 841 g/mol. The monoisotopic (exact) mass is 902 g/mol. The van der Waals surface area contributed by atoms with E-state index in [4.69, 9.17) is 9.72 Å². The number of nitrogens with zero attached hydrogens (tertiary/aromatic N) is 4.